The second-order valence-corrected chi connectivity index (χ2v) is 7.93. The molecule has 0 atom stereocenters. The zero-order valence-corrected chi connectivity index (χ0v) is 17.6. The van der Waals surface area contributed by atoms with Crippen molar-refractivity contribution in [3.8, 4) is 17.2 Å². The van der Waals surface area contributed by atoms with E-state index < -0.39 is 17.3 Å². The maximum absolute atomic E-state index is 12.8. The average Bonchev–Trinajstić information content (AvgIpc) is 2.77. The maximum Gasteiger partial charge on any atom is 0.416 e. The Balaban J connectivity index is 1.50. The summed E-state index contributed by atoms with van der Waals surface area (Å²) in [6.07, 6.45) is -3.46. The van der Waals surface area contributed by atoms with Gasteiger partial charge in [-0.2, -0.15) is 13.2 Å². The fourth-order valence-electron chi connectivity index (χ4n) is 4.24. The molecule has 2 aromatic rings. The van der Waals surface area contributed by atoms with Gasteiger partial charge in [0.25, 0.3) is 5.91 Å². The molecule has 0 radical (unpaired) electrons. The molecule has 6 nitrogen and oxygen atoms in total. The number of fused-ring (bicyclic) bond motifs is 1. The molecule has 0 bridgehead atoms. The van der Waals surface area contributed by atoms with Crippen molar-refractivity contribution in [1.29, 1.82) is 0 Å². The van der Waals surface area contributed by atoms with Gasteiger partial charge in [0.05, 0.1) is 31.8 Å². The number of ether oxygens (including phenoxy) is 3. The van der Waals surface area contributed by atoms with E-state index in [0.717, 1.165) is 12.1 Å². The molecule has 0 aromatic heterocycles. The molecule has 2 aliphatic rings. The van der Waals surface area contributed by atoms with Crippen molar-refractivity contribution >= 4 is 11.7 Å². The molecule has 0 unspecified atom stereocenters. The number of halogens is 3. The highest BCUT2D eigenvalue weighted by Crippen LogP contribution is 2.47. The van der Waals surface area contributed by atoms with Crippen LogP contribution in [0.4, 0.5) is 13.2 Å². The first-order valence-electron chi connectivity index (χ1n) is 10.1. The first-order chi connectivity index (χ1) is 15.2. The number of piperidine rings is 1. The Morgan fingerprint density at radius 2 is 1.69 bits per heavy atom. The number of hydrogen-bond donors (Lipinski definition) is 0. The molecule has 2 heterocycles. The van der Waals surface area contributed by atoms with Gasteiger partial charge in [-0.3, -0.25) is 9.59 Å². The monoisotopic (exact) mass is 449 g/mol. The van der Waals surface area contributed by atoms with Gasteiger partial charge in [-0.1, -0.05) is 0 Å². The van der Waals surface area contributed by atoms with Gasteiger partial charge >= 0.3 is 6.18 Å². The number of amides is 1. The Morgan fingerprint density at radius 3 is 2.25 bits per heavy atom. The number of benzene rings is 2. The standard InChI is InChI=1S/C23H22F3NO5/c1-30-18-8-7-16-17(28)13-22(32-19(16)20(18)31-2)9-11-27(12-10-22)21(29)14-3-5-15(6-4-14)23(24,25)26/h3-8H,9-13H2,1-2H3. The van der Waals surface area contributed by atoms with Gasteiger partial charge in [0.1, 0.15) is 5.60 Å². The van der Waals surface area contributed by atoms with Crippen molar-refractivity contribution in [1.82, 2.24) is 4.90 Å². The predicted molar refractivity (Wildman–Crippen MR) is 108 cm³/mol. The van der Waals surface area contributed by atoms with Crippen LogP contribution in [-0.4, -0.2) is 49.5 Å². The van der Waals surface area contributed by atoms with Crippen molar-refractivity contribution in [2.24, 2.45) is 0 Å². The van der Waals surface area contributed by atoms with Gasteiger partial charge in [-0.05, 0) is 36.4 Å². The topological polar surface area (TPSA) is 65.1 Å². The van der Waals surface area contributed by atoms with Crippen molar-refractivity contribution in [2.45, 2.75) is 31.0 Å². The van der Waals surface area contributed by atoms with Gasteiger partial charge in [-0.15, -0.1) is 0 Å². The largest absolute Gasteiger partial charge is 0.493 e. The lowest BCUT2D eigenvalue weighted by molar-refractivity contribution is -0.137. The highest BCUT2D eigenvalue weighted by Gasteiger charge is 2.45. The third kappa shape index (κ3) is 3.87. The molecule has 1 saturated heterocycles. The number of methoxy groups -OCH3 is 2. The Bertz CT molecular complexity index is 1040. The Hall–Kier alpha value is -3.23. The minimum atomic E-state index is -4.45. The third-order valence-electron chi connectivity index (χ3n) is 6.02. The second-order valence-electron chi connectivity index (χ2n) is 7.93. The lowest BCUT2D eigenvalue weighted by Gasteiger charge is -2.44. The van der Waals surface area contributed by atoms with Crippen LogP contribution < -0.4 is 14.2 Å². The first-order valence-corrected chi connectivity index (χ1v) is 10.1. The van der Waals surface area contributed by atoms with Crippen LogP contribution >= 0.6 is 0 Å². The van der Waals surface area contributed by atoms with Crippen molar-refractivity contribution in [3.63, 3.8) is 0 Å². The molecule has 9 heteroatoms. The minimum absolute atomic E-state index is 0.0743. The Morgan fingerprint density at radius 1 is 1.03 bits per heavy atom. The Labute approximate surface area is 182 Å². The van der Waals surface area contributed by atoms with E-state index in [0.29, 0.717) is 48.7 Å². The SMILES string of the molecule is COc1ccc2c(c1OC)OC1(CCN(C(=O)c3ccc(C(F)(F)F)cc3)CC1)CC2=O. The van der Waals surface area contributed by atoms with Crippen LogP contribution in [0.1, 0.15) is 45.5 Å². The van der Waals surface area contributed by atoms with Crippen LogP contribution in [0.15, 0.2) is 36.4 Å². The lowest BCUT2D eigenvalue weighted by Crippen LogP contribution is -2.52. The van der Waals surface area contributed by atoms with Crippen LogP contribution in [0.2, 0.25) is 0 Å². The third-order valence-corrected chi connectivity index (χ3v) is 6.02. The number of carbonyl (C=O) groups is 2. The van der Waals surface area contributed by atoms with Gasteiger partial charge in [0.2, 0.25) is 5.75 Å². The van der Waals surface area contributed by atoms with E-state index in [4.69, 9.17) is 14.2 Å². The molecule has 0 aliphatic carbocycles. The molecule has 32 heavy (non-hydrogen) atoms. The van der Waals surface area contributed by atoms with E-state index in [9.17, 15) is 22.8 Å². The van der Waals surface area contributed by atoms with Crippen molar-refractivity contribution in [2.75, 3.05) is 27.3 Å². The fraction of sp³-hybridized carbons (Fsp3) is 0.391. The predicted octanol–water partition coefficient (Wildman–Crippen LogP) is 4.36. The summed E-state index contributed by atoms with van der Waals surface area (Å²) in [5.41, 5.74) is -0.965. The van der Waals surface area contributed by atoms with E-state index in [1.807, 2.05) is 0 Å². The number of likely N-dealkylation sites (tertiary alicyclic amines) is 1. The van der Waals surface area contributed by atoms with E-state index in [2.05, 4.69) is 0 Å². The molecule has 2 aliphatic heterocycles. The summed E-state index contributed by atoms with van der Waals surface area (Å²) < 4.78 is 55.3. The summed E-state index contributed by atoms with van der Waals surface area (Å²) in [6, 6.07) is 7.47. The zero-order chi connectivity index (χ0) is 23.1. The van der Waals surface area contributed by atoms with E-state index >= 15 is 0 Å². The van der Waals surface area contributed by atoms with Gasteiger partial charge in [0, 0.05) is 31.5 Å². The van der Waals surface area contributed by atoms with Crippen LogP contribution in [0, 0.1) is 0 Å². The number of rotatable bonds is 3. The summed E-state index contributed by atoms with van der Waals surface area (Å²) in [7, 11) is 2.97. The molecule has 0 saturated carbocycles. The Kier molecular flexibility index (Phi) is 5.52. The van der Waals surface area contributed by atoms with Gasteiger partial charge in [0.15, 0.2) is 17.3 Å². The average molecular weight is 449 g/mol. The number of carbonyl (C=O) groups excluding carboxylic acids is 2. The molecule has 4 rings (SSSR count). The molecule has 2 aromatic carbocycles. The molecule has 170 valence electrons. The first kappa shape index (κ1) is 22.0. The summed E-state index contributed by atoms with van der Waals surface area (Å²) >= 11 is 0. The number of ketones is 1. The second kappa shape index (κ2) is 8.03. The molecule has 1 fully saturated rings. The molecular formula is C23H22F3NO5. The van der Waals surface area contributed by atoms with Crippen LogP contribution in [0.5, 0.6) is 17.2 Å². The number of nitrogens with zero attached hydrogens (tertiary/aromatic N) is 1. The number of Topliss-reactive ketones (excluding diaryl/α,β-unsaturated/α-hetero) is 1. The number of alkyl halides is 3. The van der Waals surface area contributed by atoms with Gasteiger partial charge in [-0.25, -0.2) is 0 Å². The fourth-order valence-corrected chi connectivity index (χ4v) is 4.24. The summed E-state index contributed by atoms with van der Waals surface area (Å²) in [5, 5.41) is 0. The van der Waals surface area contributed by atoms with Gasteiger partial charge < -0.3 is 19.1 Å². The van der Waals surface area contributed by atoms with E-state index in [1.54, 1.807) is 17.0 Å². The van der Waals surface area contributed by atoms with Crippen LogP contribution in [-0.2, 0) is 6.18 Å². The molecule has 0 N–H and O–H groups in total. The van der Waals surface area contributed by atoms with Crippen molar-refractivity contribution < 1.29 is 37.0 Å². The van der Waals surface area contributed by atoms with Crippen molar-refractivity contribution in [3.05, 3.63) is 53.1 Å². The quantitative estimate of drug-likeness (QED) is 0.697. The minimum Gasteiger partial charge on any atom is -0.493 e. The van der Waals surface area contributed by atoms with Crippen LogP contribution in [0.3, 0.4) is 0 Å². The smallest absolute Gasteiger partial charge is 0.416 e. The lowest BCUT2D eigenvalue weighted by atomic mass is 9.82. The zero-order valence-electron chi connectivity index (χ0n) is 17.6. The van der Waals surface area contributed by atoms with E-state index in [-0.39, 0.29) is 23.7 Å². The highest BCUT2D eigenvalue weighted by atomic mass is 19.4. The molecular weight excluding hydrogens is 427 g/mol. The van der Waals surface area contributed by atoms with Crippen LogP contribution in [0.25, 0.3) is 0 Å². The van der Waals surface area contributed by atoms with E-state index in [1.165, 1.54) is 26.4 Å². The number of hydrogen-bond acceptors (Lipinski definition) is 5. The molecule has 1 amide bonds. The normalized spacial score (nSPS) is 17.5. The molecule has 1 spiro atoms. The maximum atomic E-state index is 12.8. The highest BCUT2D eigenvalue weighted by molar-refractivity contribution is 6.01. The summed E-state index contributed by atoms with van der Waals surface area (Å²) in [5.74, 6) is 0.711. The summed E-state index contributed by atoms with van der Waals surface area (Å²) in [6.45, 7) is 0.628. The summed E-state index contributed by atoms with van der Waals surface area (Å²) in [4.78, 5) is 27.2.